The fourth-order valence-electron chi connectivity index (χ4n) is 2.43. The van der Waals surface area contributed by atoms with Crippen LogP contribution in [-0.2, 0) is 15.1 Å². The second kappa shape index (κ2) is 6.31. The molecule has 1 atom stereocenters. The number of carbonyl (C=O) groups excluding carboxylic acids is 1. The number of hydrogen-bond donors (Lipinski definition) is 2. The summed E-state index contributed by atoms with van der Waals surface area (Å²) in [5, 5.41) is 7.01. The first-order chi connectivity index (χ1) is 9.20. The lowest BCUT2D eigenvalue weighted by Gasteiger charge is -2.26. The van der Waals surface area contributed by atoms with Crippen LogP contribution in [0.3, 0.4) is 0 Å². The van der Waals surface area contributed by atoms with Gasteiger partial charge in [0.05, 0.1) is 12.1 Å². The molecule has 6 heteroatoms. The Hall–Kier alpha value is -0.810. The Bertz CT molecular complexity index is 469. The van der Waals surface area contributed by atoms with Crippen molar-refractivity contribution in [3.8, 4) is 0 Å². The van der Waals surface area contributed by atoms with E-state index in [0.717, 1.165) is 24.9 Å². The number of rotatable bonds is 3. The zero-order chi connectivity index (χ0) is 13.3. The maximum absolute atomic E-state index is 12.2. The molecule has 20 heavy (non-hydrogen) atoms. The largest absolute Gasteiger partial charge is 0.366 e. The van der Waals surface area contributed by atoms with Gasteiger partial charge in [-0.3, -0.25) is 4.79 Å². The van der Waals surface area contributed by atoms with Crippen LogP contribution < -0.4 is 10.6 Å². The van der Waals surface area contributed by atoms with Crippen LogP contribution in [-0.4, -0.2) is 31.7 Å². The highest BCUT2D eigenvalue weighted by atomic mass is 35.5. The number of benzene rings is 1. The maximum atomic E-state index is 12.2. The number of hydrogen-bond acceptors (Lipinski definition) is 3. The first-order valence-corrected chi connectivity index (χ1v) is 6.98. The minimum absolute atomic E-state index is 0. The molecule has 2 aliphatic rings. The third-order valence-corrected chi connectivity index (χ3v) is 3.98. The van der Waals surface area contributed by atoms with Crippen molar-refractivity contribution >= 4 is 29.9 Å². The van der Waals surface area contributed by atoms with E-state index in [2.05, 4.69) is 10.6 Å². The van der Waals surface area contributed by atoms with Crippen molar-refractivity contribution in [1.82, 2.24) is 10.6 Å². The summed E-state index contributed by atoms with van der Waals surface area (Å²) in [5.41, 5.74) is 0.914. The summed E-state index contributed by atoms with van der Waals surface area (Å²) in [7, 11) is 0. The van der Waals surface area contributed by atoms with Crippen molar-refractivity contribution in [3.05, 3.63) is 34.9 Å². The molecule has 1 heterocycles. The highest BCUT2D eigenvalue weighted by Crippen LogP contribution is 2.45. The molecule has 0 bridgehead atoms. The highest BCUT2D eigenvalue weighted by Gasteiger charge is 2.46. The van der Waals surface area contributed by atoms with Crippen LogP contribution in [0.5, 0.6) is 0 Å². The van der Waals surface area contributed by atoms with Crippen LogP contribution in [0.4, 0.5) is 0 Å². The van der Waals surface area contributed by atoms with Gasteiger partial charge in [-0.25, -0.2) is 0 Å². The third kappa shape index (κ3) is 3.26. The zero-order valence-corrected chi connectivity index (χ0v) is 12.6. The molecule has 1 aromatic carbocycles. The number of halogens is 2. The minimum Gasteiger partial charge on any atom is -0.366 e. The molecule has 2 fully saturated rings. The van der Waals surface area contributed by atoms with Crippen LogP contribution in [0.15, 0.2) is 24.3 Å². The molecule has 1 aliphatic heterocycles. The predicted octanol–water partition coefficient (Wildman–Crippen LogP) is 1.86. The topological polar surface area (TPSA) is 50.4 Å². The van der Waals surface area contributed by atoms with Gasteiger partial charge in [-0.15, -0.1) is 12.4 Å². The molecule has 0 spiro atoms. The van der Waals surface area contributed by atoms with Gasteiger partial charge in [-0.2, -0.15) is 0 Å². The fourth-order valence-corrected chi connectivity index (χ4v) is 2.56. The Morgan fingerprint density at radius 1 is 1.35 bits per heavy atom. The van der Waals surface area contributed by atoms with Crippen LogP contribution in [0.1, 0.15) is 18.4 Å². The maximum Gasteiger partial charge on any atom is 0.251 e. The molecule has 110 valence electrons. The molecule has 1 unspecified atom stereocenters. The smallest absolute Gasteiger partial charge is 0.251 e. The second-order valence-electron chi connectivity index (χ2n) is 5.14. The van der Waals surface area contributed by atoms with E-state index in [-0.39, 0.29) is 30.0 Å². The van der Waals surface area contributed by atoms with E-state index in [0.29, 0.717) is 18.2 Å². The Balaban J connectivity index is 0.00000147. The number of ether oxygens (including phenoxy) is 1. The molecule has 1 saturated carbocycles. The van der Waals surface area contributed by atoms with Gasteiger partial charge in [0.1, 0.15) is 6.10 Å². The van der Waals surface area contributed by atoms with Gasteiger partial charge in [-0.1, -0.05) is 23.7 Å². The summed E-state index contributed by atoms with van der Waals surface area (Å²) in [6, 6.07) is 7.69. The van der Waals surface area contributed by atoms with Gasteiger partial charge >= 0.3 is 0 Å². The fraction of sp³-hybridized carbons (Fsp3) is 0.500. The van der Waals surface area contributed by atoms with E-state index in [1.807, 2.05) is 24.3 Å². The lowest BCUT2D eigenvalue weighted by molar-refractivity contribution is -0.135. The van der Waals surface area contributed by atoms with Crippen molar-refractivity contribution in [1.29, 1.82) is 0 Å². The van der Waals surface area contributed by atoms with Crippen LogP contribution >= 0.6 is 24.0 Å². The van der Waals surface area contributed by atoms with Gasteiger partial charge < -0.3 is 15.4 Å². The van der Waals surface area contributed by atoms with E-state index in [9.17, 15) is 4.79 Å². The molecule has 4 nitrogen and oxygen atoms in total. The molecule has 2 N–H and O–H groups in total. The highest BCUT2D eigenvalue weighted by molar-refractivity contribution is 6.30. The first-order valence-electron chi connectivity index (χ1n) is 6.60. The first kappa shape index (κ1) is 15.6. The molecular formula is C14H18Cl2N2O2. The molecule has 1 aliphatic carbocycles. The molecule has 1 aromatic rings. The predicted molar refractivity (Wildman–Crippen MR) is 80.4 cm³/mol. The molecule has 1 saturated heterocycles. The Kier molecular flexibility index (Phi) is 4.91. The van der Waals surface area contributed by atoms with E-state index in [1.165, 1.54) is 0 Å². The number of morpholine rings is 1. The van der Waals surface area contributed by atoms with Crippen LogP contribution in [0.25, 0.3) is 0 Å². The van der Waals surface area contributed by atoms with Crippen molar-refractivity contribution < 1.29 is 9.53 Å². The van der Waals surface area contributed by atoms with Crippen molar-refractivity contribution in [3.63, 3.8) is 0 Å². The molecule has 0 aromatic heterocycles. The van der Waals surface area contributed by atoms with Crippen molar-refractivity contribution in [2.24, 2.45) is 0 Å². The summed E-state index contributed by atoms with van der Waals surface area (Å²) >= 11 is 5.89. The number of carbonyl (C=O) groups is 1. The Labute approximate surface area is 129 Å². The van der Waals surface area contributed by atoms with E-state index in [4.69, 9.17) is 16.3 Å². The van der Waals surface area contributed by atoms with Crippen molar-refractivity contribution in [2.45, 2.75) is 24.5 Å². The second-order valence-corrected chi connectivity index (χ2v) is 5.58. The summed E-state index contributed by atoms with van der Waals surface area (Å²) in [4.78, 5) is 12.2. The Morgan fingerprint density at radius 3 is 2.60 bits per heavy atom. The van der Waals surface area contributed by atoms with Gasteiger partial charge in [0.25, 0.3) is 5.91 Å². The number of nitrogens with one attached hydrogen (secondary N) is 2. The Morgan fingerprint density at radius 2 is 2.05 bits per heavy atom. The van der Waals surface area contributed by atoms with Gasteiger partial charge in [0.2, 0.25) is 0 Å². The summed E-state index contributed by atoms with van der Waals surface area (Å²) in [5.74, 6) is -0.0281. The lowest BCUT2D eigenvalue weighted by Crippen LogP contribution is -2.50. The average Bonchev–Trinajstić information content (AvgIpc) is 3.21. The van der Waals surface area contributed by atoms with Crippen LogP contribution in [0.2, 0.25) is 5.02 Å². The third-order valence-electron chi connectivity index (χ3n) is 3.73. The average molecular weight is 317 g/mol. The van der Waals surface area contributed by atoms with E-state index in [1.54, 1.807) is 0 Å². The SMILES string of the molecule is Cl.O=C(NC1(c2ccc(Cl)cc2)CC1)C1CNCCO1. The normalized spacial score (nSPS) is 23.6. The molecule has 3 rings (SSSR count). The van der Waals surface area contributed by atoms with E-state index < -0.39 is 0 Å². The summed E-state index contributed by atoms with van der Waals surface area (Å²) in [6.45, 7) is 1.99. The molecular weight excluding hydrogens is 299 g/mol. The van der Waals surface area contributed by atoms with Gasteiger partial charge in [-0.05, 0) is 30.5 Å². The summed E-state index contributed by atoms with van der Waals surface area (Å²) < 4.78 is 5.47. The van der Waals surface area contributed by atoms with E-state index >= 15 is 0 Å². The summed E-state index contributed by atoms with van der Waals surface area (Å²) in [6.07, 6.45) is 1.57. The van der Waals surface area contributed by atoms with Gasteiger partial charge in [0.15, 0.2) is 0 Å². The lowest BCUT2D eigenvalue weighted by atomic mass is 10.0. The zero-order valence-electron chi connectivity index (χ0n) is 11.0. The number of amides is 1. The quantitative estimate of drug-likeness (QED) is 0.895. The molecule has 1 amide bonds. The van der Waals surface area contributed by atoms with Crippen LogP contribution in [0, 0.1) is 0 Å². The standard InChI is InChI=1S/C14H17ClN2O2.ClH/c15-11-3-1-10(2-4-11)14(5-6-14)17-13(18)12-9-16-7-8-19-12;/h1-4,12,16H,5-9H2,(H,17,18);1H. The minimum atomic E-state index is -0.376. The monoisotopic (exact) mass is 316 g/mol. The van der Waals surface area contributed by atoms with Gasteiger partial charge in [0, 0.05) is 18.1 Å². The van der Waals surface area contributed by atoms with Crippen molar-refractivity contribution in [2.75, 3.05) is 19.7 Å². The molecule has 0 radical (unpaired) electrons.